The molecule has 150 valence electrons. The van der Waals surface area contributed by atoms with Gasteiger partial charge in [0.1, 0.15) is 5.75 Å². The van der Waals surface area contributed by atoms with E-state index in [1.807, 2.05) is 6.92 Å². The van der Waals surface area contributed by atoms with E-state index in [0.717, 1.165) is 28.2 Å². The Morgan fingerprint density at radius 3 is 2.38 bits per heavy atom. The molecule has 29 heavy (non-hydrogen) atoms. The highest BCUT2D eigenvalue weighted by atomic mass is 32.1. The van der Waals surface area contributed by atoms with Crippen LogP contribution in [0.3, 0.4) is 0 Å². The molecule has 5 nitrogen and oxygen atoms in total. The van der Waals surface area contributed by atoms with Gasteiger partial charge >= 0.3 is 0 Å². The summed E-state index contributed by atoms with van der Waals surface area (Å²) in [7, 11) is 1.58. The van der Waals surface area contributed by atoms with Crippen molar-refractivity contribution in [1.82, 2.24) is 10.3 Å². The molecule has 0 saturated heterocycles. The maximum atomic E-state index is 12.2. The first-order chi connectivity index (χ1) is 14.0. The van der Waals surface area contributed by atoms with E-state index in [1.165, 1.54) is 0 Å². The van der Waals surface area contributed by atoms with Crippen LogP contribution in [0.5, 0.6) is 5.75 Å². The molecule has 1 heterocycles. The molecule has 0 radical (unpaired) electrons. The number of methoxy groups -OCH3 is 1. The Morgan fingerprint density at radius 1 is 1.03 bits per heavy atom. The minimum Gasteiger partial charge on any atom is -0.497 e. The van der Waals surface area contributed by atoms with E-state index in [1.54, 1.807) is 42.7 Å². The number of rotatable bonds is 9. The van der Waals surface area contributed by atoms with E-state index < -0.39 is 0 Å². The summed E-state index contributed by atoms with van der Waals surface area (Å²) in [5.41, 5.74) is 3.83. The molecule has 0 fully saturated rings. The second-order valence-corrected chi connectivity index (χ2v) is 7.76. The Bertz CT molecular complexity index is 963. The van der Waals surface area contributed by atoms with Crippen molar-refractivity contribution in [3.05, 3.63) is 70.0 Å². The second kappa shape index (κ2) is 9.98. The summed E-state index contributed by atoms with van der Waals surface area (Å²) in [4.78, 5) is 28.7. The van der Waals surface area contributed by atoms with Crippen molar-refractivity contribution in [1.29, 1.82) is 0 Å². The highest BCUT2D eigenvalue weighted by Gasteiger charge is 2.09. The largest absolute Gasteiger partial charge is 0.497 e. The van der Waals surface area contributed by atoms with Gasteiger partial charge in [-0.3, -0.25) is 9.59 Å². The van der Waals surface area contributed by atoms with Gasteiger partial charge in [0.05, 0.1) is 17.8 Å². The normalized spacial score (nSPS) is 10.6. The predicted octanol–water partition coefficient (Wildman–Crippen LogP) is 4.45. The van der Waals surface area contributed by atoms with Crippen LogP contribution >= 0.6 is 11.3 Å². The minimum atomic E-state index is -0.110. The molecule has 0 aliphatic rings. The van der Waals surface area contributed by atoms with Crippen molar-refractivity contribution in [3.8, 4) is 17.0 Å². The van der Waals surface area contributed by atoms with E-state index in [-0.39, 0.29) is 24.5 Å². The molecular formula is C23H24N2O3S. The lowest BCUT2D eigenvalue weighted by Crippen LogP contribution is -2.26. The van der Waals surface area contributed by atoms with Crippen LogP contribution in [0.25, 0.3) is 11.3 Å². The standard InChI is InChI=1S/C23H24N2O3S/c1-16-25-21(15-29-16)18-5-3-17(4-6-18)13-14-24-23(27)12-11-22(26)19-7-9-20(28-2)10-8-19/h3-10,15H,11-14H2,1-2H3,(H,24,27). The summed E-state index contributed by atoms with van der Waals surface area (Å²) in [6, 6.07) is 15.2. The van der Waals surface area contributed by atoms with Gasteiger partial charge in [-0.25, -0.2) is 4.98 Å². The van der Waals surface area contributed by atoms with Gasteiger partial charge in [-0.15, -0.1) is 11.3 Å². The number of thiazole rings is 1. The quantitative estimate of drug-likeness (QED) is 0.531. The fourth-order valence-corrected chi connectivity index (χ4v) is 3.54. The van der Waals surface area contributed by atoms with E-state index in [9.17, 15) is 9.59 Å². The maximum absolute atomic E-state index is 12.2. The number of amides is 1. The molecule has 1 amide bonds. The van der Waals surface area contributed by atoms with E-state index >= 15 is 0 Å². The summed E-state index contributed by atoms with van der Waals surface area (Å²) in [5.74, 6) is 0.547. The molecule has 0 atom stereocenters. The van der Waals surface area contributed by atoms with Crippen molar-refractivity contribution in [2.24, 2.45) is 0 Å². The molecule has 0 aliphatic carbocycles. The predicted molar refractivity (Wildman–Crippen MR) is 116 cm³/mol. The van der Waals surface area contributed by atoms with Gasteiger partial charge in [0, 0.05) is 35.9 Å². The average Bonchev–Trinajstić information content (AvgIpc) is 3.19. The van der Waals surface area contributed by atoms with Crippen molar-refractivity contribution in [2.45, 2.75) is 26.2 Å². The van der Waals surface area contributed by atoms with Gasteiger partial charge in [-0.2, -0.15) is 0 Å². The van der Waals surface area contributed by atoms with Crippen LogP contribution < -0.4 is 10.1 Å². The molecule has 0 aliphatic heterocycles. The molecule has 3 rings (SSSR count). The van der Waals surface area contributed by atoms with Crippen molar-refractivity contribution in [2.75, 3.05) is 13.7 Å². The molecule has 0 unspecified atom stereocenters. The van der Waals surface area contributed by atoms with Crippen molar-refractivity contribution >= 4 is 23.0 Å². The minimum absolute atomic E-state index is 0.0457. The smallest absolute Gasteiger partial charge is 0.220 e. The Balaban J connectivity index is 1.39. The lowest BCUT2D eigenvalue weighted by molar-refractivity contribution is -0.121. The van der Waals surface area contributed by atoms with Crippen LogP contribution in [0.4, 0.5) is 0 Å². The highest BCUT2D eigenvalue weighted by Crippen LogP contribution is 2.21. The van der Waals surface area contributed by atoms with Gasteiger partial charge in [-0.1, -0.05) is 24.3 Å². The van der Waals surface area contributed by atoms with Crippen LogP contribution in [0.1, 0.15) is 33.8 Å². The van der Waals surface area contributed by atoms with Gasteiger partial charge in [0.15, 0.2) is 5.78 Å². The summed E-state index contributed by atoms with van der Waals surface area (Å²) in [6.45, 7) is 2.54. The molecule has 2 aromatic carbocycles. The zero-order valence-corrected chi connectivity index (χ0v) is 17.4. The Kier molecular flexibility index (Phi) is 7.14. The topological polar surface area (TPSA) is 68.3 Å². The third-order valence-electron chi connectivity index (χ3n) is 4.60. The van der Waals surface area contributed by atoms with Gasteiger partial charge in [0.25, 0.3) is 0 Å². The number of carbonyl (C=O) groups excluding carboxylic acids is 2. The first-order valence-corrected chi connectivity index (χ1v) is 10.4. The third kappa shape index (κ3) is 5.99. The number of aryl methyl sites for hydroxylation is 1. The molecule has 0 bridgehead atoms. The number of carbonyl (C=O) groups is 2. The van der Waals surface area contributed by atoms with Crippen LogP contribution in [-0.2, 0) is 11.2 Å². The number of nitrogens with zero attached hydrogens (tertiary/aromatic N) is 1. The maximum Gasteiger partial charge on any atom is 0.220 e. The third-order valence-corrected chi connectivity index (χ3v) is 5.37. The fourth-order valence-electron chi connectivity index (χ4n) is 2.92. The lowest BCUT2D eigenvalue weighted by Gasteiger charge is -2.06. The first-order valence-electron chi connectivity index (χ1n) is 9.50. The van der Waals surface area contributed by atoms with Gasteiger partial charge < -0.3 is 10.1 Å². The number of ether oxygens (including phenoxy) is 1. The van der Waals surface area contributed by atoms with Crippen LogP contribution in [0.2, 0.25) is 0 Å². The second-order valence-electron chi connectivity index (χ2n) is 6.70. The van der Waals surface area contributed by atoms with Gasteiger partial charge in [-0.05, 0) is 43.2 Å². The molecule has 0 spiro atoms. The summed E-state index contributed by atoms with van der Waals surface area (Å²) in [5, 5.41) is 5.99. The van der Waals surface area contributed by atoms with E-state index in [2.05, 4.69) is 39.9 Å². The number of ketones is 1. The number of Topliss-reactive ketones (excluding diaryl/α,β-unsaturated/α-hetero) is 1. The Morgan fingerprint density at radius 2 is 1.76 bits per heavy atom. The zero-order valence-electron chi connectivity index (χ0n) is 16.6. The first kappa shape index (κ1) is 20.7. The molecular weight excluding hydrogens is 384 g/mol. The van der Waals surface area contributed by atoms with Crippen molar-refractivity contribution < 1.29 is 14.3 Å². The van der Waals surface area contributed by atoms with Crippen LogP contribution in [-0.4, -0.2) is 30.3 Å². The lowest BCUT2D eigenvalue weighted by atomic mass is 10.1. The highest BCUT2D eigenvalue weighted by molar-refractivity contribution is 7.09. The molecule has 3 aromatic rings. The molecule has 1 aromatic heterocycles. The SMILES string of the molecule is COc1ccc(C(=O)CCC(=O)NCCc2ccc(-c3csc(C)n3)cc2)cc1. The van der Waals surface area contributed by atoms with Crippen LogP contribution in [0, 0.1) is 6.92 Å². The van der Waals surface area contributed by atoms with Gasteiger partial charge in [0.2, 0.25) is 5.91 Å². The van der Waals surface area contributed by atoms with Crippen molar-refractivity contribution in [3.63, 3.8) is 0 Å². The Hall–Kier alpha value is -2.99. The molecule has 0 saturated carbocycles. The average molecular weight is 409 g/mol. The molecule has 1 N–H and O–H groups in total. The number of nitrogens with one attached hydrogen (secondary N) is 1. The fraction of sp³-hybridized carbons (Fsp3) is 0.261. The Labute approximate surface area is 174 Å². The number of hydrogen-bond donors (Lipinski definition) is 1. The van der Waals surface area contributed by atoms with E-state index in [0.29, 0.717) is 17.9 Å². The zero-order chi connectivity index (χ0) is 20.6. The number of aromatic nitrogens is 1. The van der Waals surface area contributed by atoms with E-state index in [4.69, 9.17) is 4.74 Å². The molecule has 6 heteroatoms. The number of benzene rings is 2. The van der Waals surface area contributed by atoms with Crippen LogP contribution in [0.15, 0.2) is 53.9 Å². The number of hydrogen-bond acceptors (Lipinski definition) is 5. The monoisotopic (exact) mass is 408 g/mol. The summed E-state index contributed by atoms with van der Waals surface area (Å²) < 4.78 is 5.08. The summed E-state index contributed by atoms with van der Waals surface area (Å²) in [6.07, 6.45) is 1.13. The summed E-state index contributed by atoms with van der Waals surface area (Å²) >= 11 is 1.64.